The first-order valence-electron chi connectivity index (χ1n) is 7.71. The van der Waals surface area contributed by atoms with Crippen molar-refractivity contribution in [2.75, 3.05) is 13.2 Å². The van der Waals surface area contributed by atoms with Crippen LogP contribution in [0.2, 0.25) is 0 Å². The molecule has 0 aromatic heterocycles. The number of nitrogens with zero attached hydrogens (tertiary/aromatic N) is 1. The van der Waals surface area contributed by atoms with Crippen molar-refractivity contribution in [2.45, 2.75) is 56.6 Å². The van der Waals surface area contributed by atoms with Gasteiger partial charge in [0.05, 0.1) is 23.6 Å². The molecule has 5 heteroatoms. The Morgan fingerprint density at radius 1 is 1.19 bits per heavy atom. The fraction of sp³-hybridized carbons (Fsp3) is 0.625. The van der Waals surface area contributed by atoms with E-state index in [0.717, 1.165) is 36.8 Å². The van der Waals surface area contributed by atoms with Crippen LogP contribution in [0.25, 0.3) is 0 Å². The molecule has 2 aliphatic rings. The zero-order chi connectivity index (χ0) is 15.0. The number of aryl methyl sites for hydroxylation is 2. The minimum absolute atomic E-state index is 0.0115. The second-order valence-electron chi connectivity index (χ2n) is 6.15. The largest absolute Gasteiger partial charge is 0.375 e. The van der Waals surface area contributed by atoms with Gasteiger partial charge in [-0.2, -0.15) is 4.31 Å². The first kappa shape index (κ1) is 15.0. The average molecular weight is 309 g/mol. The summed E-state index contributed by atoms with van der Waals surface area (Å²) in [4.78, 5) is 0.453. The monoisotopic (exact) mass is 309 g/mol. The molecular weight excluding hydrogens is 286 g/mol. The summed E-state index contributed by atoms with van der Waals surface area (Å²) in [5.74, 6) is 0. The number of hydrogen-bond donors (Lipinski definition) is 0. The highest BCUT2D eigenvalue weighted by Gasteiger charge is 2.41. The Kier molecular flexibility index (Phi) is 4.08. The highest BCUT2D eigenvalue weighted by molar-refractivity contribution is 7.89. The summed E-state index contributed by atoms with van der Waals surface area (Å²) in [6, 6.07) is 5.65. The fourth-order valence-corrected chi connectivity index (χ4v) is 5.45. The van der Waals surface area contributed by atoms with E-state index < -0.39 is 10.0 Å². The third kappa shape index (κ3) is 2.74. The molecule has 0 N–H and O–H groups in total. The Labute approximate surface area is 127 Å². The van der Waals surface area contributed by atoms with Crippen molar-refractivity contribution in [2.24, 2.45) is 0 Å². The molecular formula is C16H23NO3S. The average Bonchev–Trinajstić information content (AvgIpc) is 2.49. The smallest absolute Gasteiger partial charge is 0.243 e. The predicted molar refractivity (Wildman–Crippen MR) is 81.8 cm³/mol. The standard InChI is InChI=1S/C16H23NO3S/c1-12-7-8-13(2)16(11-12)21(18,19)17-9-10-20-15-6-4-3-5-14(15)17/h7-8,11,14-15H,3-6,9-10H2,1-2H3. The van der Waals surface area contributed by atoms with Crippen LogP contribution in [-0.2, 0) is 14.8 Å². The third-order valence-electron chi connectivity index (χ3n) is 4.61. The molecule has 0 radical (unpaired) electrons. The second kappa shape index (κ2) is 5.71. The number of sulfonamides is 1. The van der Waals surface area contributed by atoms with Crippen LogP contribution in [0.15, 0.2) is 23.1 Å². The van der Waals surface area contributed by atoms with E-state index in [1.54, 1.807) is 10.4 Å². The van der Waals surface area contributed by atoms with Crippen LogP contribution >= 0.6 is 0 Å². The van der Waals surface area contributed by atoms with Crippen LogP contribution in [0.5, 0.6) is 0 Å². The lowest BCUT2D eigenvalue weighted by atomic mass is 9.91. The van der Waals surface area contributed by atoms with Crippen LogP contribution in [0.1, 0.15) is 36.8 Å². The number of benzene rings is 1. The van der Waals surface area contributed by atoms with Gasteiger partial charge in [0.1, 0.15) is 0 Å². The van der Waals surface area contributed by atoms with Crippen LogP contribution in [0, 0.1) is 13.8 Å². The van der Waals surface area contributed by atoms with Crippen LogP contribution in [0.4, 0.5) is 0 Å². The zero-order valence-corrected chi connectivity index (χ0v) is 13.5. The van der Waals surface area contributed by atoms with Crippen molar-refractivity contribution in [1.29, 1.82) is 0 Å². The number of hydrogen-bond acceptors (Lipinski definition) is 3. The molecule has 0 bridgehead atoms. The minimum Gasteiger partial charge on any atom is -0.375 e. The molecule has 1 aliphatic heterocycles. The highest BCUT2D eigenvalue weighted by Crippen LogP contribution is 2.33. The molecule has 2 unspecified atom stereocenters. The summed E-state index contributed by atoms with van der Waals surface area (Å²) in [6.07, 6.45) is 4.19. The number of rotatable bonds is 2. The van der Waals surface area contributed by atoms with E-state index in [9.17, 15) is 8.42 Å². The first-order valence-corrected chi connectivity index (χ1v) is 9.15. The van der Waals surface area contributed by atoms with E-state index in [2.05, 4.69) is 0 Å². The van der Waals surface area contributed by atoms with Gasteiger partial charge in [0.25, 0.3) is 0 Å². The Morgan fingerprint density at radius 3 is 2.76 bits per heavy atom. The van der Waals surface area contributed by atoms with Gasteiger partial charge in [0, 0.05) is 6.54 Å². The summed E-state index contributed by atoms with van der Waals surface area (Å²) >= 11 is 0. The maximum atomic E-state index is 13.1. The minimum atomic E-state index is -3.43. The van der Waals surface area contributed by atoms with Crippen molar-refractivity contribution in [1.82, 2.24) is 4.31 Å². The summed E-state index contributed by atoms with van der Waals surface area (Å²) < 4.78 is 33.7. The van der Waals surface area contributed by atoms with Gasteiger partial charge in [-0.3, -0.25) is 0 Å². The fourth-order valence-electron chi connectivity index (χ4n) is 3.47. The zero-order valence-electron chi connectivity index (χ0n) is 12.7. The molecule has 116 valence electrons. The maximum Gasteiger partial charge on any atom is 0.243 e. The van der Waals surface area contributed by atoms with Gasteiger partial charge < -0.3 is 4.74 Å². The summed E-state index contributed by atoms with van der Waals surface area (Å²) in [7, 11) is -3.43. The summed E-state index contributed by atoms with van der Waals surface area (Å²) in [5, 5.41) is 0. The first-order chi connectivity index (χ1) is 10.00. The SMILES string of the molecule is Cc1ccc(C)c(S(=O)(=O)N2CCOC3CCCCC32)c1. The Balaban J connectivity index is 1.98. The van der Waals surface area contributed by atoms with Gasteiger partial charge in [-0.05, 0) is 43.9 Å². The molecule has 21 heavy (non-hydrogen) atoms. The van der Waals surface area contributed by atoms with E-state index in [1.807, 2.05) is 26.0 Å². The molecule has 1 aromatic carbocycles. The lowest BCUT2D eigenvalue weighted by Crippen LogP contribution is -2.54. The van der Waals surface area contributed by atoms with Gasteiger partial charge in [-0.1, -0.05) is 25.0 Å². The van der Waals surface area contributed by atoms with Crippen LogP contribution in [-0.4, -0.2) is 38.0 Å². The molecule has 3 rings (SSSR count). The van der Waals surface area contributed by atoms with Crippen LogP contribution in [0.3, 0.4) is 0 Å². The Hall–Kier alpha value is -0.910. The molecule has 1 aromatic rings. The lowest BCUT2D eigenvalue weighted by molar-refractivity contribution is -0.0586. The van der Waals surface area contributed by atoms with E-state index in [-0.39, 0.29) is 12.1 Å². The summed E-state index contributed by atoms with van der Waals surface area (Å²) in [5.41, 5.74) is 1.80. The maximum absolute atomic E-state index is 13.1. The van der Waals surface area contributed by atoms with Gasteiger partial charge in [-0.15, -0.1) is 0 Å². The number of morpholine rings is 1. The van der Waals surface area contributed by atoms with Gasteiger partial charge in [-0.25, -0.2) is 8.42 Å². The molecule has 1 heterocycles. The van der Waals surface area contributed by atoms with Crippen LogP contribution < -0.4 is 0 Å². The summed E-state index contributed by atoms with van der Waals surface area (Å²) in [6.45, 7) is 4.77. The molecule has 0 amide bonds. The molecule has 0 spiro atoms. The van der Waals surface area contributed by atoms with Crippen molar-refractivity contribution in [3.8, 4) is 0 Å². The molecule has 4 nitrogen and oxygen atoms in total. The van der Waals surface area contributed by atoms with Gasteiger partial charge >= 0.3 is 0 Å². The highest BCUT2D eigenvalue weighted by atomic mass is 32.2. The van der Waals surface area contributed by atoms with Crippen molar-refractivity contribution >= 4 is 10.0 Å². The topological polar surface area (TPSA) is 46.6 Å². The van der Waals surface area contributed by atoms with E-state index >= 15 is 0 Å². The number of ether oxygens (including phenoxy) is 1. The quantitative estimate of drug-likeness (QED) is 0.844. The predicted octanol–water partition coefficient (Wildman–Crippen LogP) is 2.64. The van der Waals surface area contributed by atoms with Crippen molar-refractivity contribution in [3.63, 3.8) is 0 Å². The Morgan fingerprint density at radius 2 is 1.95 bits per heavy atom. The van der Waals surface area contributed by atoms with E-state index in [0.29, 0.717) is 18.0 Å². The normalized spacial score (nSPS) is 27.3. The second-order valence-corrected chi connectivity index (χ2v) is 8.00. The molecule has 1 aliphatic carbocycles. The third-order valence-corrected chi connectivity index (χ3v) is 6.68. The van der Waals surface area contributed by atoms with Crippen molar-refractivity contribution in [3.05, 3.63) is 29.3 Å². The molecule has 1 saturated heterocycles. The lowest BCUT2D eigenvalue weighted by Gasteiger charge is -2.42. The number of fused-ring (bicyclic) bond motifs is 1. The van der Waals surface area contributed by atoms with Crippen molar-refractivity contribution < 1.29 is 13.2 Å². The van der Waals surface area contributed by atoms with Gasteiger partial charge in [0.2, 0.25) is 10.0 Å². The molecule has 2 atom stereocenters. The molecule has 1 saturated carbocycles. The van der Waals surface area contributed by atoms with E-state index in [1.165, 1.54) is 0 Å². The van der Waals surface area contributed by atoms with E-state index in [4.69, 9.17) is 4.74 Å². The van der Waals surface area contributed by atoms with Gasteiger partial charge in [0.15, 0.2) is 0 Å². The molecule has 2 fully saturated rings. The Bertz CT molecular complexity index is 624.